The lowest BCUT2D eigenvalue weighted by Gasteiger charge is -2.25. The minimum atomic E-state index is -0.0784. The molecule has 29 heavy (non-hydrogen) atoms. The molecule has 0 saturated carbocycles. The normalized spacial score (nSPS) is 14.0. The number of oxazole rings is 1. The number of carbonyl (C=O) groups is 2. The third-order valence-corrected chi connectivity index (χ3v) is 6.45. The minimum absolute atomic E-state index is 0.00324. The smallest absolute Gasteiger partial charge is 0.275 e. The van der Waals surface area contributed by atoms with Gasteiger partial charge in [0.05, 0.1) is 6.42 Å². The van der Waals surface area contributed by atoms with Crippen LogP contribution in [-0.4, -0.2) is 46.3 Å². The second-order valence-electron chi connectivity index (χ2n) is 6.67. The molecule has 1 aliphatic rings. The van der Waals surface area contributed by atoms with Gasteiger partial charge >= 0.3 is 0 Å². The molecule has 1 aliphatic heterocycles. The molecule has 2 amide bonds. The van der Waals surface area contributed by atoms with E-state index in [4.69, 9.17) is 4.42 Å². The molecule has 0 atom stereocenters. The summed E-state index contributed by atoms with van der Waals surface area (Å²) in [5, 5.41) is 4.90. The summed E-state index contributed by atoms with van der Waals surface area (Å²) in [7, 11) is 0. The van der Waals surface area contributed by atoms with E-state index in [0.717, 1.165) is 40.6 Å². The number of benzene rings is 1. The maximum Gasteiger partial charge on any atom is 0.275 e. The average Bonchev–Trinajstić information content (AvgIpc) is 3.45. The summed E-state index contributed by atoms with van der Waals surface area (Å²) in [5.41, 5.74) is 2.13. The van der Waals surface area contributed by atoms with Gasteiger partial charge in [0.25, 0.3) is 5.91 Å². The summed E-state index contributed by atoms with van der Waals surface area (Å²) in [5.74, 6) is 2.27. The van der Waals surface area contributed by atoms with Crippen molar-refractivity contribution >= 4 is 34.9 Å². The second-order valence-corrected chi connectivity index (χ2v) is 8.93. The van der Waals surface area contributed by atoms with Gasteiger partial charge in [-0.1, -0.05) is 18.2 Å². The number of hydrogen-bond donors (Lipinski definition) is 1. The SMILES string of the molecule is O=C(Cc1cccs1)NCc1ccc(-c2nc(C(=O)N3CCSCC3)co2)cc1. The molecule has 1 N–H and O–H groups in total. The number of aromatic nitrogens is 1. The molecular weight excluding hydrogens is 406 g/mol. The molecule has 0 aliphatic carbocycles. The van der Waals surface area contributed by atoms with Crippen molar-refractivity contribution in [2.75, 3.05) is 24.6 Å². The molecule has 3 aromatic rings. The largest absolute Gasteiger partial charge is 0.444 e. The lowest BCUT2D eigenvalue weighted by Crippen LogP contribution is -2.38. The highest BCUT2D eigenvalue weighted by Crippen LogP contribution is 2.21. The van der Waals surface area contributed by atoms with Gasteiger partial charge in [0, 0.05) is 41.6 Å². The maximum absolute atomic E-state index is 12.5. The third kappa shape index (κ3) is 5.07. The van der Waals surface area contributed by atoms with Gasteiger partial charge in [-0.3, -0.25) is 9.59 Å². The van der Waals surface area contributed by atoms with Crippen LogP contribution < -0.4 is 5.32 Å². The van der Waals surface area contributed by atoms with Crippen molar-refractivity contribution < 1.29 is 14.0 Å². The predicted octanol–water partition coefficient (Wildman–Crippen LogP) is 3.45. The van der Waals surface area contributed by atoms with Gasteiger partial charge in [0.15, 0.2) is 5.69 Å². The van der Waals surface area contributed by atoms with Crippen LogP contribution in [0, 0.1) is 0 Å². The molecular formula is C21H21N3O3S2. The molecule has 0 bridgehead atoms. The first-order valence-corrected chi connectivity index (χ1v) is 11.4. The van der Waals surface area contributed by atoms with Crippen molar-refractivity contribution in [2.24, 2.45) is 0 Å². The van der Waals surface area contributed by atoms with Crippen LogP contribution in [0.25, 0.3) is 11.5 Å². The Morgan fingerprint density at radius 2 is 1.93 bits per heavy atom. The van der Waals surface area contributed by atoms with Crippen LogP contribution >= 0.6 is 23.1 Å². The quantitative estimate of drug-likeness (QED) is 0.652. The number of rotatable bonds is 6. The monoisotopic (exact) mass is 427 g/mol. The van der Waals surface area contributed by atoms with E-state index in [1.165, 1.54) is 6.26 Å². The van der Waals surface area contributed by atoms with Gasteiger partial charge in [-0.05, 0) is 29.1 Å². The van der Waals surface area contributed by atoms with E-state index < -0.39 is 0 Å². The summed E-state index contributed by atoms with van der Waals surface area (Å²) in [4.78, 5) is 31.8. The first-order valence-electron chi connectivity index (χ1n) is 9.40. The van der Waals surface area contributed by atoms with E-state index in [1.807, 2.05) is 58.4 Å². The van der Waals surface area contributed by atoms with Crippen molar-refractivity contribution in [1.29, 1.82) is 0 Å². The predicted molar refractivity (Wildman–Crippen MR) is 115 cm³/mol. The third-order valence-electron chi connectivity index (χ3n) is 4.63. The summed E-state index contributed by atoms with van der Waals surface area (Å²) in [6, 6.07) is 11.5. The maximum atomic E-state index is 12.5. The zero-order chi connectivity index (χ0) is 20.1. The number of nitrogens with zero attached hydrogens (tertiary/aromatic N) is 2. The van der Waals surface area contributed by atoms with Gasteiger partial charge in [-0.25, -0.2) is 4.98 Å². The number of thiophene rings is 1. The number of thioether (sulfide) groups is 1. The van der Waals surface area contributed by atoms with Crippen LogP contribution in [-0.2, 0) is 17.8 Å². The van der Waals surface area contributed by atoms with Crippen molar-refractivity contribution in [1.82, 2.24) is 15.2 Å². The molecule has 2 aromatic heterocycles. The minimum Gasteiger partial charge on any atom is -0.444 e. The van der Waals surface area contributed by atoms with Crippen LogP contribution in [0.3, 0.4) is 0 Å². The Bertz CT molecular complexity index is 961. The molecule has 6 nitrogen and oxygen atoms in total. The van der Waals surface area contributed by atoms with Gasteiger partial charge in [0.2, 0.25) is 11.8 Å². The Morgan fingerprint density at radius 1 is 1.14 bits per heavy atom. The Balaban J connectivity index is 1.33. The van der Waals surface area contributed by atoms with E-state index in [9.17, 15) is 9.59 Å². The summed E-state index contributed by atoms with van der Waals surface area (Å²) < 4.78 is 5.53. The van der Waals surface area contributed by atoms with Crippen molar-refractivity contribution in [3.05, 3.63) is 64.2 Å². The van der Waals surface area contributed by atoms with Crippen molar-refractivity contribution in [3.8, 4) is 11.5 Å². The van der Waals surface area contributed by atoms with Gasteiger partial charge in [-0.15, -0.1) is 11.3 Å². The van der Waals surface area contributed by atoms with Crippen LogP contribution in [0.15, 0.2) is 52.5 Å². The number of carbonyl (C=O) groups excluding carboxylic acids is 2. The van der Waals surface area contributed by atoms with Gasteiger partial charge in [-0.2, -0.15) is 11.8 Å². The summed E-state index contributed by atoms with van der Waals surface area (Å²) >= 11 is 3.44. The van der Waals surface area contributed by atoms with Crippen molar-refractivity contribution in [3.63, 3.8) is 0 Å². The van der Waals surface area contributed by atoms with E-state index in [-0.39, 0.29) is 11.8 Å². The average molecular weight is 428 g/mol. The lowest BCUT2D eigenvalue weighted by atomic mass is 10.1. The van der Waals surface area contributed by atoms with Crippen LogP contribution in [0.4, 0.5) is 0 Å². The van der Waals surface area contributed by atoms with Crippen molar-refractivity contribution in [2.45, 2.75) is 13.0 Å². The topological polar surface area (TPSA) is 75.4 Å². The molecule has 0 radical (unpaired) electrons. The highest BCUT2D eigenvalue weighted by atomic mass is 32.2. The highest BCUT2D eigenvalue weighted by molar-refractivity contribution is 7.99. The van der Waals surface area contributed by atoms with E-state index in [1.54, 1.807) is 11.3 Å². The van der Waals surface area contributed by atoms with E-state index in [2.05, 4.69) is 10.3 Å². The fraction of sp³-hybridized carbons (Fsp3) is 0.286. The first-order chi connectivity index (χ1) is 14.2. The first kappa shape index (κ1) is 19.7. The molecule has 1 saturated heterocycles. The Labute approximate surface area is 177 Å². The standard InChI is InChI=1S/C21H21N3O3S2/c25-19(12-17-2-1-9-29-17)22-13-15-3-5-16(6-4-15)20-23-18(14-27-20)21(26)24-7-10-28-11-8-24/h1-6,9,14H,7-8,10-13H2,(H,22,25). The van der Waals surface area contributed by atoms with E-state index >= 15 is 0 Å². The molecule has 1 aromatic carbocycles. The van der Waals surface area contributed by atoms with E-state index in [0.29, 0.717) is 24.6 Å². The number of amides is 2. The second kappa shape index (κ2) is 9.28. The lowest BCUT2D eigenvalue weighted by molar-refractivity contribution is -0.120. The molecule has 8 heteroatoms. The van der Waals surface area contributed by atoms with Crippen LogP contribution in [0.5, 0.6) is 0 Å². The molecule has 4 rings (SSSR count). The Morgan fingerprint density at radius 3 is 2.66 bits per heavy atom. The fourth-order valence-corrected chi connectivity index (χ4v) is 4.64. The van der Waals surface area contributed by atoms with Gasteiger partial charge in [0.1, 0.15) is 6.26 Å². The molecule has 0 spiro atoms. The molecule has 1 fully saturated rings. The number of hydrogen-bond acceptors (Lipinski definition) is 6. The van der Waals surface area contributed by atoms with Gasteiger partial charge < -0.3 is 14.6 Å². The zero-order valence-corrected chi connectivity index (χ0v) is 17.4. The molecule has 3 heterocycles. The zero-order valence-electron chi connectivity index (χ0n) is 15.8. The molecule has 0 unspecified atom stereocenters. The van der Waals surface area contributed by atoms with Crippen LogP contribution in [0.1, 0.15) is 20.9 Å². The Kier molecular flexibility index (Phi) is 6.31. The number of nitrogens with one attached hydrogen (secondary N) is 1. The van der Waals surface area contributed by atoms with Crippen LogP contribution in [0.2, 0.25) is 0 Å². The summed E-state index contributed by atoms with van der Waals surface area (Å²) in [6.45, 7) is 1.96. The summed E-state index contributed by atoms with van der Waals surface area (Å²) in [6.07, 6.45) is 1.83. The molecule has 150 valence electrons. The fourth-order valence-electron chi connectivity index (χ4n) is 3.03. The highest BCUT2D eigenvalue weighted by Gasteiger charge is 2.21. The Hall–Kier alpha value is -2.58.